The predicted octanol–water partition coefficient (Wildman–Crippen LogP) is 5.15. The third-order valence-electron chi connectivity index (χ3n) is 2.65. The Kier molecular flexibility index (Phi) is 7.84. The summed E-state index contributed by atoms with van der Waals surface area (Å²) in [5.41, 5.74) is 1.43. The molecule has 0 fully saturated rings. The Hall–Kier alpha value is 0.530. The molecule has 0 aromatic heterocycles. The van der Waals surface area contributed by atoms with Crippen LogP contribution in [0.5, 0.6) is 0 Å². The predicted molar refractivity (Wildman–Crippen MR) is 82.7 cm³/mol. The summed E-state index contributed by atoms with van der Waals surface area (Å²) in [7, 11) is 0. The standard InChI is InChI=1S/C13H18Br2S/c1-16-8-4-5-11(10-14)9-12-6-2-3-7-13(12)15/h2-3,6-7,11H,4-5,8-10H2,1H3. The van der Waals surface area contributed by atoms with Gasteiger partial charge in [-0.2, -0.15) is 11.8 Å². The van der Waals surface area contributed by atoms with E-state index in [0.29, 0.717) is 0 Å². The number of hydrogen-bond donors (Lipinski definition) is 0. The minimum atomic E-state index is 0.755. The Morgan fingerprint density at radius 1 is 1.31 bits per heavy atom. The van der Waals surface area contributed by atoms with Gasteiger partial charge in [-0.3, -0.25) is 0 Å². The van der Waals surface area contributed by atoms with E-state index >= 15 is 0 Å². The molecule has 0 radical (unpaired) electrons. The molecule has 90 valence electrons. The third-order valence-corrected chi connectivity index (χ3v) is 5.03. The molecule has 0 N–H and O–H groups in total. The van der Waals surface area contributed by atoms with E-state index in [1.54, 1.807) is 0 Å². The van der Waals surface area contributed by atoms with E-state index < -0.39 is 0 Å². The minimum absolute atomic E-state index is 0.755. The van der Waals surface area contributed by atoms with E-state index in [1.165, 1.54) is 35.1 Å². The first-order chi connectivity index (χ1) is 7.77. The van der Waals surface area contributed by atoms with Crippen LogP contribution in [-0.2, 0) is 6.42 Å². The summed E-state index contributed by atoms with van der Waals surface area (Å²) in [6.45, 7) is 0. The second kappa shape index (κ2) is 8.60. The lowest BCUT2D eigenvalue weighted by molar-refractivity contribution is 0.536. The monoisotopic (exact) mass is 364 g/mol. The number of alkyl halides is 1. The molecule has 1 atom stereocenters. The highest BCUT2D eigenvalue weighted by Crippen LogP contribution is 2.23. The first kappa shape index (κ1) is 14.6. The molecule has 1 aromatic rings. The largest absolute Gasteiger partial charge is 0.165 e. The third kappa shape index (κ3) is 5.24. The van der Waals surface area contributed by atoms with E-state index in [0.717, 1.165) is 11.2 Å². The second-order valence-electron chi connectivity index (χ2n) is 3.95. The number of thioether (sulfide) groups is 1. The van der Waals surface area contributed by atoms with Crippen LogP contribution in [0.2, 0.25) is 0 Å². The molecule has 1 rings (SSSR count). The fourth-order valence-electron chi connectivity index (χ4n) is 1.73. The van der Waals surface area contributed by atoms with Gasteiger partial charge in [-0.05, 0) is 48.8 Å². The lowest BCUT2D eigenvalue weighted by Gasteiger charge is -2.14. The molecular weight excluding hydrogens is 348 g/mol. The SMILES string of the molecule is CSCCCC(CBr)Cc1ccccc1Br. The molecule has 1 unspecified atom stereocenters. The van der Waals surface area contributed by atoms with Gasteiger partial charge in [0.05, 0.1) is 0 Å². The zero-order valence-electron chi connectivity index (χ0n) is 9.59. The molecule has 1 aromatic carbocycles. The molecule has 16 heavy (non-hydrogen) atoms. The van der Waals surface area contributed by atoms with Crippen molar-refractivity contribution < 1.29 is 0 Å². The van der Waals surface area contributed by atoms with Gasteiger partial charge in [0.1, 0.15) is 0 Å². The number of hydrogen-bond acceptors (Lipinski definition) is 1. The van der Waals surface area contributed by atoms with E-state index in [4.69, 9.17) is 0 Å². The zero-order chi connectivity index (χ0) is 11.8. The van der Waals surface area contributed by atoms with Gasteiger partial charge < -0.3 is 0 Å². The van der Waals surface area contributed by atoms with E-state index in [1.807, 2.05) is 11.8 Å². The topological polar surface area (TPSA) is 0 Å². The molecule has 0 heterocycles. The summed E-state index contributed by atoms with van der Waals surface area (Å²) < 4.78 is 1.24. The molecule has 0 spiro atoms. The highest BCUT2D eigenvalue weighted by atomic mass is 79.9. The second-order valence-corrected chi connectivity index (χ2v) is 6.44. The Balaban J connectivity index is 2.46. The number of benzene rings is 1. The molecule has 0 aliphatic heterocycles. The average molecular weight is 366 g/mol. The van der Waals surface area contributed by atoms with Crippen molar-refractivity contribution in [2.24, 2.45) is 5.92 Å². The highest BCUT2D eigenvalue weighted by molar-refractivity contribution is 9.10. The van der Waals surface area contributed by atoms with Crippen LogP contribution < -0.4 is 0 Å². The maximum absolute atomic E-state index is 3.63. The van der Waals surface area contributed by atoms with Gasteiger partial charge in [-0.25, -0.2) is 0 Å². The zero-order valence-corrected chi connectivity index (χ0v) is 13.6. The van der Waals surface area contributed by atoms with Crippen LogP contribution in [0.25, 0.3) is 0 Å². The lowest BCUT2D eigenvalue weighted by Crippen LogP contribution is -2.07. The smallest absolute Gasteiger partial charge is 0.0207 e. The van der Waals surface area contributed by atoms with Crippen molar-refractivity contribution in [1.82, 2.24) is 0 Å². The molecule has 0 nitrogen and oxygen atoms in total. The maximum Gasteiger partial charge on any atom is 0.0207 e. The maximum atomic E-state index is 3.63. The molecule has 0 aliphatic rings. The van der Waals surface area contributed by atoms with Crippen LogP contribution in [0.1, 0.15) is 18.4 Å². The van der Waals surface area contributed by atoms with Crippen LogP contribution in [0, 0.1) is 5.92 Å². The van der Waals surface area contributed by atoms with Gasteiger partial charge in [0.15, 0.2) is 0 Å². The molecule has 0 bridgehead atoms. The number of halogens is 2. The number of rotatable bonds is 7. The van der Waals surface area contributed by atoms with Crippen LogP contribution in [-0.4, -0.2) is 17.3 Å². The normalized spacial score (nSPS) is 12.7. The average Bonchev–Trinajstić information content (AvgIpc) is 2.30. The fraction of sp³-hybridized carbons (Fsp3) is 0.538. The first-order valence-electron chi connectivity index (χ1n) is 5.56. The van der Waals surface area contributed by atoms with Gasteiger partial charge in [-0.15, -0.1) is 0 Å². The Bertz CT molecular complexity index is 302. The van der Waals surface area contributed by atoms with E-state index in [2.05, 4.69) is 62.4 Å². The molecule has 0 aliphatic carbocycles. The fourth-order valence-corrected chi connectivity index (χ4v) is 3.18. The van der Waals surface area contributed by atoms with Crippen molar-refractivity contribution in [2.75, 3.05) is 17.3 Å². The van der Waals surface area contributed by atoms with Crippen molar-refractivity contribution in [3.63, 3.8) is 0 Å². The summed E-state index contributed by atoms with van der Waals surface area (Å²) >= 11 is 9.18. The van der Waals surface area contributed by atoms with Crippen molar-refractivity contribution in [3.8, 4) is 0 Å². The molecule has 0 amide bonds. The van der Waals surface area contributed by atoms with Crippen molar-refractivity contribution in [3.05, 3.63) is 34.3 Å². The van der Waals surface area contributed by atoms with Gasteiger partial charge >= 0.3 is 0 Å². The Morgan fingerprint density at radius 2 is 2.06 bits per heavy atom. The summed E-state index contributed by atoms with van der Waals surface area (Å²) in [5.74, 6) is 2.03. The van der Waals surface area contributed by atoms with Crippen molar-refractivity contribution >= 4 is 43.6 Å². The molecule has 0 saturated heterocycles. The molecule has 3 heteroatoms. The quantitative estimate of drug-likeness (QED) is 0.475. The Labute approximate surface area is 120 Å². The van der Waals surface area contributed by atoms with Crippen LogP contribution in [0.4, 0.5) is 0 Å². The van der Waals surface area contributed by atoms with Crippen LogP contribution in [0.15, 0.2) is 28.7 Å². The van der Waals surface area contributed by atoms with Gasteiger partial charge in [0.2, 0.25) is 0 Å². The van der Waals surface area contributed by atoms with Crippen molar-refractivity contribution in [2.45, 2.75) is 19.3 Å². The summed E-state index contributed by atoms with van der Waals surface area (Å²) in [5, 5.41) is 1.10. The van der Waals surface area contributed by atoms with Crippen LogP contribution in [0.3, 0.4) is 0 Å². The highest BCUT2D eigenvalue weighted by Gasteiger charge is 2.09. The van der Waals surface area contributed by atoms with Gasteiger partial charge in [-0.1, -0.05) is 50.1 Å². The summed E-state index contributed by atoms with van der Waals surface area (Å²) in [6.07, 6.45) is 5.98. The minimum Gasteiger partial charge on any atom is -0.165 e. The molecular formula is C13H18Br2S. The van der Waals surface area contributed by atoms with Crippen LogP contribution >= 0.6 is 43.6 Å². The summed E-state index contributed by atoms with van der Waals surface area (Å²) in [6, 6.07) is 8.54. The van der Waals surface area contributed by atoms with Gasteiger partial charge in [0.25, 0.3) is 0 Å². The van der Waals surface area contributed by atoms with Crippen molar-refractivity contribution in [1.29, 1.82) is 0 Å². The Morgan fingerprint density at radius 3 is 2.69 bits per heavy atom. The van der Waals surface area contributed by atoms with E-state index in [9.17, 15) is 0 Å². The van der Waals surface area contributed by atoms with Gasteiger partial charge in [0, 0.05) is 9.80 Å². The first-order valence-corrected chi connectivity index (χ1v) is 8.87. The lowest BCUT2D eigenvalue weighted by atomic mass is 9.97. The van der Waals surface area contributed by atoms with E-state index in [-0.39, 0.29) is 0 Å². The molecule has 0 saturated carbocycles. The summed E-state index contributed by atoms with van der Waals surface area (Å²) in [4.78, 5) is 0.